The normalized spacial score (nSPS) is 25.4. The van der Waals surface area contributed by atoms with Gasteiger partial charge in [-0.3, -0.25) is 0 Å². The van der Waals surface area contributed by atoms with Crippen LogP contribution in [0.4, 0.5) is 0 Å². The second-order valence-corrected chi connectivity index (χ2v) is 13.7. The van der Waals surface area contributed by atoms with Gasteiger partial charge in [-0.15, -0.1) is 6.58 Å². The second-order valence-electron chi connectivity index (χ2n) is 5.89. The smallest absolute Gasteiger partial charge is 0.103 e. The minimum absolute atomic E-state index is 0.189. The molecule has 98 valence electrons. The van der Waals surface area contributed by atoms with Crippen molar-refractivity contribution in [2.75, 3.05) is 6.61 Å². The zero-order valence-electron chi connectivity index (χ0n) is 11.6. The van der Waals surface area contributed by atoms with Gasteiger partial charge in [0.25, 0.3) is 0 Å². The molecule has 3 heteroatoms. The van der Waals surface area contributed by atoms with E-state index in [-0.39, 0.29) is 4.85 Å². The second kappa shape index (κ2) is 5.55. The van der Waals surface area contributed by atoms with Gasteiger partial charge in [-0.25, -0.2) is 0 Å². The van der Waals surface area contributed by atoms with Crippen molar-refractivity contribution in [1.29, 1.82) is 0 Å². The van der Waals surface area contributed by atoms with E-state index in [0.29, 0.717) is 0 Å². The zero-order valence-corrected chi connectivity index (χ0v) is 14.0. The first-order valence-corrected chi connectivity index (χ1v) is 11.4. The number of ether oxygens (including phenoxy) is 1. The molecule has 1 fully saturated rings. The van der Waals surface area contributed by atoms with Crippen molar-refractivity contribution >= 4 is 22.8 Å². The topological polar surface area (TPSA) is 9.23 Å². The number of hydrogen-bond acceptors (Lipinski definition) is 1. The Labute approximate surface area is 114 Å². The summed E-state index contributed by atoms with van der Waals surface area (Å²) in [5.41, 5.74) is 2.23. The summed E-state index contributed by atoms with van der Waals surface area (Å²) in [6, 6.07) is 11.0. The molecule has 1 saturated heterocycles. The molecule has 0 radical (unpaired) electrons. The molecule has 0 bridgehead atoms. The summed E-state index contributed by atoms with van der Waals surface area (Å²) in [7, 11) is -1.92. The fourth-order valence-corrected chi connectivity index (χ4v) is 9.21. The molecule has 1 aromatic carbocycles. The van der Waals surface area contributed by atoms with Gasteiger partial charge in [0.2, 0.25) is 0 Å². The molecule has 0 saturated carbocycles. The zero-order chi connectivity index (χ0) is 13.1. The SMILES string of the molecule is C=C[Si](C)(C)C1([SiH2]c2ccccc2)CCCCO1. The Kier molecular flexibility index (Phi) is 4.25. The molecule has 0 spiro atoms. The lowest BCUT2D eigenvalue weighted by Gasteiger charge is -2.46. The first-order chi connectivity index (χ1) is 8.60. The summed E-state index contributed by atoms with van der Waals surface area (Å²) in [4.78, 5) is 0.189. The number of rotatable bonds is 4. The molecule has 1 unspecified atom stereocenters. The summed E-state index contributed by atoms with van der Waals surface area (Å²) in [6.45, 7) is 9.88. The minimum Gasteiger partial charge on any atom is -0.382 e. The van der Waals surface area contributed by atoms with E-state index < -0.39 is 17.6 Å². The van der Waals surface area contributed by atoms with E-state index in [1.165, 1.54) is 24.4 Å². The van der Waals surface area contributed by atoms with E-state index in [2.05, 4.69) is 55.7 Å². The molecule has 1 aromatic rings. The van der Waals surface area contributed by atoms with Crippen molar-refractivity contribution in [2.24, 2.45) is 0 Å². The lowest BCUT2D eigenvalue weighted by Crippen LogP contribution is -2.63. The quantitative estimate of drug-likeness (QED) is 0.767. The van der Waals surface area contributed by atoms with Crippen LogP contribution in [0.25, 0.3) is 0 Å². The maximum atomic E-state index is 6.38. The monoisotopic (exact) mass is 276 g/mol. The fraction of sp³-hybridized carbons (Fsp3) is 0.467. The molecular formula is C15H24OSi2. The molecule has 1 heterocycles. The summed E-state index contributed by atoms with van der Waals surface area (Å²) >= 11 is 0. The van der Waals surface area contributed by atoms with Crippen LogP contribution in [0.2, 0.25) is 13.1 Å². The van der Waals surface area contributed by atoms with Crippen LogP contribution in [-0.2, 0) is 4.74 Å². The molecular weight excluding hydrogens is 252 g/mol. The molecule has 0 aromatic heterocycles. The molecule has 1 aliphatic rings. The van der Waals surface area contributed by atoms with Gasteiger partial charge in [-0.1, -0.05) is 54.3 Å². The van der Waals surface area contributed by atoms with E-state index in [0.717, 1.165) is 6.61 Å². The van der Waals surface area contributed by atoms with E-state index in [9.17, 15) is 0 Å². The fourth-order valence-electron chi connectivity index (χ4n) is 2.84. The van der Waals surface area contributed by atoms with Crippen molar-refractivity contribution in [2.45, 2.75) is 37.2 Å². The summed E-state index contributed by atoms with van der Waals surface area (Å²) in [5.74, 6) is 0. The minimum atomic E-state index is -1.51. The Hall–Kier alpha value is -0.646. The molecule has 18 heavy (non-hydrogen) atoms. The third-order valence-electron chi connectivity index (χ3n) is 4.37. The van der Waals surface area contributed by atoms with Crippen molar-refractivity contribution in [3.05, 3.63) is 42.6 Å². The number of hydrogen-bond donors (Lipinski definition) is 0. The van der Waals surface area contributed by atoms with Crippen molar-refractivity contribution < 1.29 is 4.74 Å². The molecule has 0 amide bonds. The van der Waals surface area contributed by atoms with Crippen LogP contribution >= 0.6 is 0 Å². The highest BCUT2D eigenvalue weighted by molar-refractivity contribution is 6.94. The number of benzene rings is 1. The molecule has 2 rings (SSSR count). The van der Waals surface area contributed by atoms with Crippen LogP contribution in [0.1, 0.15) is 19.3 Å². The Morgan fingerprint density at radius 2 is 2.00 bits per heavy atom. The third-order valence-corrected chi connectivity index (χ3v) is 13.4. The van der Waals surface area contributed by atoms with Crippen molar-refractivity contribution in [3.8, 4) is 0 Å². The summed E-state index contributed by atoms with van der Waals surface area (Å²) in [6.07, 6.45) is 3.80. The van der Waals surface area contributed by atoms with Gasteiger partial charge in [0.1, 0.15) is 8.07 Å². The molecule has 0 N–H and O–H groups in total. The van der Waals surface area contributed by atoms with E-state index in [4.69, 9.17) is 4.74 Å². The standard InChI is InChI=1S/C15H24OSi2/c1-4-18(2,3)15(12-8-9-13-16-15)17-14-10-6-5-7-11-14/h4-7,10-11H,1,8-9,12-13,17H2,2-3H3. The highest BCUT2D eigenvalue weighted by Crippen LogP contribution is 2.33. The summed E-state index contributed by atoms with van der Waals surface area (Å²) in [5, 5.41) is 1.53. The average molecular weight is 277 g/mol. The Morgan fingerprint density at radius 3 is 2.56 bits per heavy atom. The predicted molar refractivity (Wildman–Crippen MR) is 84.8 cm³/mol. The first kappa shape index (κ1) is 13.8. The lowest BCUT2D eigenvalue weighted by molar-refractivity contribution is 0.0296. The van der Waals surface area contributed by atoms with Gasteiger partial charge >= 0.3 is 0 Å². The Balaban J connectivity index is 2.28. The van der Waals surface area contributed by atoms with Crippen LogP contribution in [-0.4, -0.2) is 29.0 Å². The molecule has 1 nitrogen and oxygen atoms in total. The van der Waals surface area contributed by atoms with Crippen LogP contribution in [0, 0.1) is 0 Å². The maximum Gasteiger partial charge on any atom is 0.103 e. The Morgan fingerprint density at radius 1 is 1.28 bits per heavy atom. The van der Waals surface area contributed by atoms with Gasteiger partial charge in [0, 0.05) is 6.61 Å². The highest BCUT2D eigenvalue weighted by Gasteiger charge is 2.46. The van der Waals surface area contributed by atoms with E-state index >= 15 is 0 Å². The third kappa shape index (κ3) is 2.68. The van der Waals surface area contributed by atoms with Gasteiger partial charge in [0.05, 0.1) is 14.4 Å². The first-order valence-electron chi connectivity index (χ1n) is 6.91. The van der Waals surface area contributed by atoms with Gasteiger partial charge in [-0.05, 0) is 19.3 Å². The molecule has 0 aliphatic carbocycles. The van der Waals surface area contributed by atoms with E-state index in [1.54, 1.807) is 0 Å². The summed E-state index contributed by atoms with van der Waals surface area (Å²) < 4.78 is 6.38. The van der Waals surface area contributed by atoms with Crippen LogP contribution in [0.5, 0.6) is 0 Å². The van der Waals surface area contributed by atoms with Crippen molar-refractivity contribution in [3.63, 3.8) is 0 Å². The van der Waals surface area contributed by atoms with Gasteiger partial charge in [0.15, 0.2) is 0 Å². The Bertz CT molecular complexity index is 394. The van der Waals surface area contributed by atoms with Gasteiger partial charge in [-0.2, -0.15) is 0 Å². The largest absolute Gasteiger partial charge is 0.382 e. The van der Waals surface area contributed by atoms with Crippen LogP contribution in [0.3, 0.4) is 0 Å². The van der Waals surface area contributed by atoms with Crippen LogP contribution in [0.15, 0.2) is 42.6 Å². The van der Waals surface area contributed by atoms with E-state index in [1.807, 2.05) is 0 Å². The van der Waals surface area contributed by atoms with Crippen molar-refractivity contribution in [1.82, 2.24) is 0 Å². The average Bonchev–Trinajstić information content (AvgIpc) is 2.41. The maximum absolute atomic E-state index is 6.38. The predicted octanol–water partition coefficient (Wildman–Crippen LogP) is 2.35. The van der Waals surface area contributed by atoms with Gasteiger partial charge < -0.3 is 4.74 Å². The lowest BCUT2D eigenvalue weighted by atomic mass is 10.2. The molecule has 1 aliphatic heterocycles. The highest BCUT2D eigenvalue weighted by atomic mass is 28.4. The van der Waals surface area contributed by atoms with Crippen LogP contribution < -0.4 is 5.19 Å². The molecule has 1 atom stereocenters.